The van der Waals surface area contributed by atoms with E-state index in [1.807, 2.05) is 0 Å². The molecule has 4 saturated heterocycles. The summed E-state index contributed by atoms with van der Waals surface area (Å²) in [5, 5.41) is 0. The molecular formula is C16H30N4. The van der Waals surface area contributed by atoms with Crippen molar-refractivity contribution in [3.05, 3.63) is 0 Å². The minimum Gasteiger partial charge on any atom is -0.329 e. The highest BCUT2D eigenvalue weighted by atomic mass is 15.3. The van der Waals surface area contributed by atoms with Crippen LogP contribution in [0.25, 0.3) is 0 Å². The molecule has 4 unspecified atom stereocenters. The van der Waals surface area contributed by atoms with E-state index >= 15 is 0 Å². The van der Waals surface area contributed by atoms with E-state index < -0.39 is 0 Å². The van der Waals surface area contributed by atoms with Crippen LogP contribution in [0.4, 0.5) is 0 Å². The van der Waals surface area contributed by atoms with E-state index in [9.17, 15) is 0 Å². The zero-order chi connectivity index (χ0) is 13.6. The summed E-state index contributed by atoms with van der Waals surface area (Å²) < 4.78 is 0. The summed E-state index contributed by atoms with van der Waals surface area (Å²) in [7, 11) is 0. The first-order valence-electron chi connectivity index (χ1n) is 8.73. The molecule has 4 aliphatic rings. The molecule has 0 aromatic rings. The first-order valence-corrected chi connectivity index (χ1v) is 8.73. The summed E-state index contributed by atoms with van der Waals surface area (Å²) in [6, 6.07) is 0.820. The van der Waals surface area contributed by atoms with Crippen molar-refractivity contribution in [1.29, 1.82) is 0 Å². The van der Waals surface area contributed by atoms with Gasteiger partial charge in [-0.2, -0.15) is 0 Å². The summed E-state index contributed by atoms with van der Waals surface area (Å²) in [6.45, 7) is 9.93. The smallest absolute Gasteiger partial charge is 0.0385 e. The molecule has 4 atom stereocenters. The van der Waals surface area contributed by atoms with Gasteiger partial charge >= 0.3 is 0 Å². The molecule has 4 fully saturated rings. The van der Waals surface area contributed by atoms with Crippen molar-refractivity contribution >= 4 is 0 Å². The van der Waals surface area contributed by atoms with Gasteiger partial charge in [0, 0.05) is 44.3 Å². The lowest BCUT2D eigenvalue weighted by molar-refractivity contribution is -0.0508. The Bertz CT molecular complexity index is 360. The zero-order valence-electron chi connectivity index (χ0n) is 12.8. The highest BCUT2D eigenvalue weighted by Crippen LogP contribution is 2.40. The van der Waals surface area contributed by atoms with Crippen LogP contribution >= 0.6 is 0 Å². The van der Waals surface area contributed by atoms with Crippen LogP contribution in [-0.2, 0) is 0 Å². The molecule has 0 radical (unpaired) electrons. The van der Waals surface area contributed by atoms with Gasteiger partial charge in [0.1, 0.15) is 0 Å². The van der Waals surface area contributed by atoms with Gasteiger partial charge in [0.05, 0.1) is 0 Å². The summed E-state index contributed by atoms with van der Waals surface area (Å²) in [6.07, 6.45) is 6.94. The molecule has 0 aliphatic carbocycles. The maximum Gasteiger partial charge on any atom is 0.0385 e. The summed E-state index contributed by atoms with van der Waals surface area (Å²) >= 11 is 0. The zero-order valence-corrected chi connectivity index (χ0v) is 12.8. The molecule has 20 heavy (non-hydrogen) atoms. The fourth-order valence-corrected chi connectivity index (χ4v) is 5.40. The first-order chi connectivity index (χ1) is 9.82. The van der Waals surface area contributed by atoms with Gasteiger partial charge in [0.25, 0.3) is 0 Å². The van der Waals surface area contributed by atoms with Crippen molar-refractivity contribution in [2.75, 3.05) is 52.4 Å². The predicted molar refractivity (Wildman–Crippen MR) is 81.7 cm³/mol. The number of rotatable bonds is 2. The Labute approximate surface area is 123 Å². The van der Waals surface area contributed by atoms with Gasteiger partial charge in [0.2, 0.25) is 0 Å². The van der Waals surface area contributed by atoms with Gasteiger partial charge in [-0.15, -0.1) is 0 Å². The third-order valence-electron chi connectivity index (χ3n) is 6.71. The van der Waals surface area contributed by atoms with E-state index in [2.05, 4.69) is 14.7 Å². The molecule has 0 aromatic carbocycles. The molecule has 2 N–H and O–H groups in total. The minimum absolute atomic E-state index is 0.330. The highest BCUT2D eigenvalue weighted by Gasteiger charge is 2.50. The van der Waals surface area contributed by atoms with E-state index in [1.54, 1.807) is 0 Å². The Kier molecular flexibility index (Phi) is 3.53. The Morgan fingerprint density at radius 2 is 1.90 bits per heavy atom. The second kappa shape index (κ2) is 5.24. The van der Waals surface area contributed by atoms with E-state index in [4.69, 9.17) is 5.73 Å². The normalized spacial score (nSPS) is 46.4. The molecule has 4 rings (SSSR count). The van der Waals surface area contributed by atoms with E-state index in [-0.39, 0.29) is 0 Å². The Morgan fingerprint density at radius 1 is 0.950 bits per heavy atom. The second-order valence-corrected chi connectivity index (χ2v) is 7.48. The molecule has 4 aliphatic heterocycles. The second-order valence-electron chi connectivity index (χ2n) is 7.48. The molecule has 0 aromatic heterocycles. The molecule has 0 spiro atoms. The number of nitrogens with zero attached hydrogens (tertiary/aromatic N) is 3. The third kappa shape index (κ3) is 2.04. The molecule has 114 valence electrons. The average Bonchev–Trinajstić information content (AvgIpc) is 2.91. The number of hydrogen-bond donors (Lipinski definition) is 1. The van der Waals surface area contributed by atoms with E-state index in [1.165, 1.54) is 77.9 Å². The monoisotopic (exact) mass is 278 g/mol. The molecule has 4 nitrogen and oxygen atoms in total. The highest BCUT2D eigenvalue weighted by molar-refractivity contribution is 5.07. The number of piperidine rings is 2. The van der Waals surface area contributed by atoms with Crippen molar-refractivity contribution < 1.29 is 0 Å². The molecule has 0 amide bonds. The maximum absolute atomic E-state index is 6.35. The lowest BCUT2D eigenvalue weighted by atomic mass is 9.76. The van der Waals surface area contributed by atoms with Crippen molar-refractivity contribution in [3.8, 4) is 0 Å². The van der Waals surface area contributed by atoms with Crippen molar-refractivity contribution in [2.24, 2.45) is 11.7 Å². The van der Waals surface area contributed by atoms with Crippen molar-refractivity contribution in [3.63, 3.8) is 0 Å². The number of piperazine rings is 1. The van der Waals surface area contributed by atoms with Gasteiger partial charge < -0.3 is 10.6 Å². The lowest BCUT2D eigenvalue weighted by Crippen LogP contribution is -2.68. The Balaban J connectivity index is 1.52. The van der Waals surface area contributed by atoms with Crippen molar-refractivity contribution in [1.82, 2.24) is 14.7 Å². The Morgan fingerprint density at radius 3 is 2.80 bits per heavy atom. The molecule has 0 saturated carbocycles. The van der Waals surface area contributed by atoms with Crippen LogP contribution in [0.1, 0.15) is 32.1 Å². The van der Waals surface area contributed by atoms with Gasteiger partial charge in [-0.05, 0) is 51.2 Å². The Hall–Kier alpha value is -0.160. The summed E-state index contributed by atoms with van der Waals surface area (Å²) in [5.41, 5.74) is 6.68. The molecule has 4 heterocycles. The molecular weight excluding hydrogens is 248 g/mol. The molecule has 4 heteroatoms. The molecule has 2 bridgehead atoms. The van der Waals surface area contributed by atoms with Gasteiger partial charge in [-0.25, -0.2) is 0 Å². The van der Waals surface area contributed by atoms with Gasteiger partial charge in [-0.1, -0.05) is 6.42 Å². The average molecular weight is 278 g/mol. The van der Waals surface area contributed by atoms with Crippen LogP contribution in [0.15, 0.2) is 0 Å². The largest absolute Gasteiger partial charge is 0.329 e. The van der Waals surface area contributed by atoms with Gasteiger partial charge in [0.15, 0.2) is 0 Å². The lowest BCUT2D eigenvalue weighted by Gasteiger charge is -2.55. The maximum atomic E-state index is 6.35. The van der Waals surface area contributed by atoms with Crippen LogP contribution in [0, 0.1) is 5.92 Å². The SMILES string of the molecule is NCC1(N2CCN3CCCCC3C2)CCN2CCC1C2. The fourth-order valence-electron chi connectivity index (χ4n) is 5.40. The minimum atomic E-state index is 0.330. The van der Waals surface area contributed by atoms with Crippen LogP contribution in [0.3, 0.4) is 0 Å². The van der Waals surface area contributed by atoms with Crippen LogP contribution in [0.2, 0.25) is 0 Å². The quantitative estimate of drug-likeness (QED) is 0.801. The number of nitrogens with two attached hydrogens (primary N) is 1. The third-order valence-corrected chi connectivity index (χ3v) is 6.71. The fraction of sp³-hybridized carbons (Fsp3) is 1.00. The summed E-state index contributed by atoms with van der Waals surface area (Å²) in [4.78, 5) is 8.22. The summed E-state index contributed by atoms with van der Waals surface area (Å²) in [5.74, 6) is 0.830. The van der Waals surface area contributed by atoms with Gasteiger partial charge in [-0.3, -0.25) is 9.80 Å². The number of fused-ring (bicyclic) bond motifs is 3. The van der Waals surface area contributed by atoms with Crippen LogP contribution < -0.4 is 5.73 Å². The van der Waals surface area contributed by atoms with Crippen LogP contribution in [0.5, 0.6) is 0 Å². The first kappa shape index (κ1) is 13.5. The van der Waals surface area contributed by atoms with Crippen molar-refractivity contribution in [2.45, 2.75) is 43.7 Å². The number of hydrogen-bond acceptors (Lipinski definition) is 4. The predicted octanol–water partition coefficient (Wildman–Crippen LogP) is 0.580. The van der Waals surface area contributed by atoms with Crippen LogP contribution in [-0.4, -0.2) is 78.6 Å². The van der Waals surface area contributed by atoms with E-state index in [0.29, 0.717) is 5.54 Å². The van der Waals surface area contributed by atoms with E-state index in [0.717, 1.165) is 18.5 Å². The topological polar surface area (TPSA) is 35.7 Å². The standard InChI is InChI=1S/C16H30N4/c17-13-16(5-8-18-7-4-14(16)11-18)20-10-9-19-6-2-1-3-15(19)12-20/h14-15H,1-13,17H2.